The Morgan fingerprint density at radius 3 is 2.57 bits per heavy atom. The molecule has 0 aliphatic heterocycles. The zero-order chi connectivity index (χ0) is 20.2. The van der Waals surface area contributed by atoms with E-state index in [1.807, 2.05) is 49.4 Å². The summed E-state index contributed by atoms with van der Waals surface area (Å²) in [7, 11) is 1.61. The average Bonchev–Trinajstić information content (AvgIpc) is 2.71. The van der Waals surface area contributed by atoms with E-state index in [0.29, 0.717) is 36.1 Å². The first-order chi connectivity index (χ1) is 13.7. The van der Waals surface area contributed by atoms with Crippen molar-refractivity contribution in [3.8, 4) is 17.2 Å². The van der Waals surface area contributed by atoms with Crippen molar-refractivity contribution in [3.63, 3.8) is 0 Å². The number of nitrogens with one attached hydrogen (secondary N) is 1. The summed E-state index contributed by atoms with van der Waals surface area (Å²) >= 11 is 0. The monoisotopic (exact) mass is 383 g/mol. The van der Waals surface area contributed by atoms with Crippen molar-refractivity contribution >= 4 is 17.7 Å². The Hall–Kier alpha value is -2.95. The topological polar surface area (TPSA) is 56.8 Å². The van der Waals surface area contributed by atoms with Crippen LogP contribution in [0.4, 0.5) is 5.69 Å². The Morgan fingerprint density at radius 1 is 1.00 bits per heavy atom. The number of rotatable bonds is 11. The van der Waals surface area contributed by atoms with Crippen molar-refractivity contribution in [2.75, 3.05) is 25.6 Å². The molecule has 0 heterocycles. The number of benzene rings is 2. The number of ether oxygens (including phenoxy) is 3. The highest BCUT2D eigenvalue weighted by Gasteiger charge is 2.07. The summed E-state index contributed by atoms with van der Waals surface area (Å²) in [5.41, 5.74) is 1.50. The number of carbonyl (C=O) groups is 1. The van der Waals surface area contributed by atoms with Crippen molar-refractivity contribution in [2.45, 2.75) is 33.1 Å². The molecule has 0 saturated heterocycles. The van der Waals surface area contributed by atoms with Gasteiger partial charge in [-0.1, -0.05) is 38.0 Å². The average molecular weight is 383 g/mol. The summed E-state index contributed by atoms with van der Waals surface area (Å²) in [5.74, 6) is 1.79. The molecule has 0 saturated carbocycles. The normalized spacial score (nSPS) is 10.7. The van der Waals surface area contributed by atoms with Crippen LogP contribution in [-0.4, -0.2) is 26.2 Å². The molecule has 0 aliphatic rings. The van der Waals surface area contributed by atoms with Gasteiger partial charge in [-0.2, -0.15) is 0 Å². The third-order valence-electron chi connectivity index (χ3n) is 4.07. The fourth-order valence-electron chi connectivity index (χ4n) is 2.64. The number of carbonyl (C=O) groups excluding carboxylic acids is 1. The van der Waals surface area contributed by atoms with Gasteiger partial charge in [0.2, 0.25) is 5.91 Å². The maximum Gasteiger partial charge on any atom is 0.248 e. The van der Waals surface area contributed by atoms with Gasteiger partial charge in [0, 0.05) is 6.08 Å². The van der Waals surface area contributed by atoms with E-state index < -0.39 is 0 Å². The quantitative estimate of drug-likeness (QED) is 0.422. The molecule has 28 heavy (non-hydrogen) atoms. The molecule has 0 aromatic heterocycles. The fourth-order valence-corrected chi connectivity index (χ4v) is 2.64. The van der Waals surface area contributed by atoms with E-state index >= 15 is 0 Å². The first-order valence-electron chi connectivity index (χ1n) is 9.69. The van der Waals surface area contributed by atoms with Gasteiger partial charge in [-0.15, -0.1) is 0 Å². The van der Waals surface area contributed by atoms with Crippen molar-refractivity contribution in [2.24, 2.45) is 0 Å². The minimum absolute atomic E-state index is 0.231. The summed E-state index contributed by atoms with van der Waals surface area (Å²) in [6.07, 6.45) is 6.54. The molecule has 2 rings (SSSR count). The molecule has 150 valence electrons. The second kappa shape index (κ2) is 11.7. The van der Waals surface area contributed by atoms with Crippen LogP contribution in [0, 0.1) is 0 Å². The summed E-state index contributed by atoms with van der Waals surface area (Å²) in [5, 5.41) is 2.84. The third kappa shape index (κ3) is 6.65. The Bertz CT molecular complexity index is 786. The Labute approximate surface area is 167 Å². The lowest BCUT2D eigenvalue weighted by molar-refractivity contribution is -0.111. The third-order valence-corrected chi connectivity index (χ3v) is 4.07. The Kier molecular flexibility index (Phi) is 8.92. The van der Waals surface area contributed by atoms with Crippen LogP contribution >= 0.6 is 0 Å². The van der Waals surface area contributed by atoms with Gasteiger partial charge in [-0.25, -0.2) is 0 Å². The summed E-state index contributed by atoms with van der Waals surface area (Å²) in [6.45, 7) is 5.27. The first kappa shape index (κ1) is 21.4. The fraction of sp³-hybridized carbons (Fsp3) is 0.348. The molecule has 0 unspecified atom stereocenters. The highest BCUT2D eigenvalue weighted by Crippen LogP contribution is 2.29. The predicted molar refractivity (Wildman–Crippen MR) is 113 cm³/mol. The maximum atomic E-state index is 12.3. The molecular formula is C23H29NO4. The van der Waals surface area contributed by atoms with E-state index in [2.05, 4.69) is 12.2 Å². The lowest BCUT2D eigenvalue weighted by atomic mass is 10.2. The van der Waals surface area contributed by atoms with E-state index in [1.165, 1.54) is 6.08 Å². The van der Waals surface area contributed by atoms with E-state index in [-0.39, 0.29) is 5.91 Å². The minimum Gasteiger partial charge on any atom is -0.493 e. The lowest BCUT2D eigenvalue weighted by Gasteiger charge is -2.11. The van der Waals surface area contributed by atoms with E-state index in [0.717, 1.165) is 24.8 Å². The zero-order valence-corrected chi connectivity index (χ0v) is 16.9. The zero-order valence-electron chi connectivity index (χ0n) is 16.9. The van der Waals surface area contributed by atoms with Crippen LogP contribution < -0.4 is 19.5 Å². The molecule has 0 spiro atoms. The number of hydrogen-bond acceptors (Lipinski definition) is 4. The molecule has 0 aliphatic carbocycles. The molecule has 1 N–H and O–H groups in total. The van der Waals surface area contributed by atoms with Crippen molar-refractivity contribution < 1.29 is 19.0 Å². The van der Waals surface area contributed by atoms with Gasteiger partial charge in [0.1, 0.15) is 5.75 Å². The van der Waals surface area contributed by atoms with Crippen molar-refractivity contribution in [1.29, 1.82) is 0 Å². The number of methoxy groups -OCH3 is 1. The Balaban J connectivity index is 2.00. The van der Waals surface area contributed by atoms with Gasteiger partial charge >= 0.3 is 0 Å². The summed E-state index contributed by atoms with van der Waals surface area (Å²) in [4.78, 5) is 12.3. The molecule has 5 nitrogen and oxygen atoms in total. The first-order valence-corrected chi connectivity index (χ1v) is 9.69. The van der Waals surface area contributed by atoms with Crippen LogP contribution in [-0.2, 0) is 4.79 Å². The van der Waals surface area contributed by atoms with Gasteiger partial charge in [0.05, 0.1) is 26.0 Å². The van der Waals surface area contributed by atoms with E-state index in [1.54, 1.807) is 13.2 Å². The molecule has 0 atom stereocenters. The minimum atomic E-state index is -0.231. The number of para-hydroxylation sites is 2. The second-order valence-electron chi connectivity index (χ2n) is 6.22. The number of anilines is 1. The predicted octanol–water partition coefficient (Wildman–Crippen LogP) is 5.31. The van der Waals surface area contributed by atoms with Gasteiger partial charge in [-0.05, 0) is 49.2 Å². The lowest BCUT2D eigenvalue weighted by Crippen LogP contribution is -2.09. The molecule has 1 amide bonds. The maximum absolute atomic E-state index is 12.3. The Morgan fingerprint density at radius 2 is 1.82 bits per heavy atom. The van der Waals surface area contributed by atoms with Gasteiger partial charge in [0.15, 0.2) is 11.5 Å². The van der Waals surface area contributed by atoms with Crippen LogP contribution in [0.15, 0.2) is 48.5 Å². The van der Waals surface area contributed by atoms with Gasteiger partial charge in [-0.3, -0.25) is 4.79 Å². The van der Waals surface area contributed by atoms with Crippen LogP contribution in [0.5, 0.6) is 17.2 Å². The SMILES string of the molecule is CCCCCOc1ccc(/C=C/C(=O)Nc2ccccc2OCC)cc1OC. The van der Waals surface area contributed by atoms with Crippen molar-refractivity contribution in [1.82, 2.24) is 0 Å². The smallest absolute Gasteiger partial charge is 0.248 e. The van der Waals surface area contributed by atoms with Crippen LogP contribution in [0.25, 0.3) is 6.08 Å². The molecule has 2 aromatic rings. The molecular weight excluding hydrogens is 354 g/mol. The summed E-state index contributed by atoms with van der Waals surface area (Å²) < 4.78 is 16.7. The highest BCUT2D eigenvalue weighted by atomic mass is 16.5. The van der Waals surface area contributed by atoms with Gasteiger partial charge < -0.3 is 19.5 Å². The molecule has 2 aromatic carbocycles. The van der Waals surface area contributed by atoms with Crippen LogP contribution in [0.3, 0.4) is 0 Å². The molecule has 0 bridgehead atoms. The molecule has 5 heteroatoms. The van der Waals surface area contributed by atoms with Crippen molar-refractivity contribution in [3.05, 3.63) is 54.1 Å². The second-order valence-corrected chi connectivity index (χ2v) is 6.22. The number of unbranched alkanes of at least 4 members (excludes halogenated alkanes) is 2. The molecule has 0 radical (unpaired) electrons. The standard InChI is InChI=1S/C23H29NO4/c1-4-6-9-16-28-21-14-12-18(17-22(21)26-3)13-15-23(25)24-19-10-7-8-11-20(19)27-5-2/h7-8,10-15,17H,4-6,9,16H2,1-3H3,(H,24,25)/b15-13+. The van der Waals surface area contributed by atoms with Crippen LogP contribution in [0.1, 0.15) is 38.7 Å². The van der Waals surface area contributed by atoms with Crippen LogP contribution in [0.2, 0.25) is 0 Å². The highest BCUT2D eigenvalue weighted by molar-refractivity contribution is 6.02. The largest absolute Gasteiger partial charge is 0.493 e. The summed E-state index contributed by atoms with van der Waals surface area (Å²) in [6, 6.07) is 13.0. The number of amides is 1. The van der Waals surface area contributed by atoms with E-state index in [9.17, 15) is 4.79 Å². The van der Waals surface area contributed by atoms with E-state index in [4.69, 9.17) is 14.2 Å². The van der Waals surface area contributed by atoms with Gasteiger partial charge in [0.25, 0.3) is 0 Å². The molecule has 0 fully saturated rings. The number of hydrogen-bond donors (Lipinski definition) is 1.